The number of piperidine rings is 1. The lowest BCUT2D eigenvalue weighted by atomic mass is 9.84. The highest BCUT2D eigenvalue weighted by Gasteiger charge is 2.50. The number of nitrogens with two attached hydrogens (primary N) is 1. The van der Waals surface area contributed by atoms with Crippen molar-refractivity contribution in [3.05, 3.63) is 0 Å². The minimum Gasteiger partial charge on any atom is -0.329 e. The molecule has 0 aromatic carbocycles. The lowest BCUT2D eigenvalue weighted by molar-refractivity contribution is 0.0317. The summed E-state index contributed by atoms with van der Waals surface area (Å²) in [6.45, 7) is 9.27. The minimum atomic E-state index is 0.405. The third-order valence-electron chi connectivity index (χ3n) is 4.41. The molecular formula is C12H24N2. The lowest BCUT2D eigenvalue weighted by Gasteiger charge is -2.45. The summed E-state index contributed by atoms with van der Waals surface area (Å²) in [7, 11) is 0. The molecule has 0 radical (unpaired) electrons. The molecule has 1 aliphatic heterocycles. The summed E-state index contributed by atoms with van der Waals surface area (Å²) < 4.78 is 0. The van der Waals surface area contributed by atoms with Crippen LogP contribution in [0.3, 0.4) is 0 Å². The Kier molecular flexibility index (Phi) is 2.61. The summed E-state index contributed by atoms with van der Waals surface area (Å²) in [4.78, 5) is 2.70. The van der Waals surface area contributed by atoms with Crippen molar-refractivity contribution in [2.75, 3.05) is 13.1 Å². The van der Waals surface area contributed by atoms with E-state index in [1.54, 1.807) is 0 Å². The van der Waals surface area contributed by atoms with Gasteiger partial charge in [0.05, 0.1) is 0 Å². The molecule has 0 aromatic rings. The molecule has 1 heterocycles. The van der Waals surface area contributed by atoms with Gasteiger partial charge in [-0.3, -0.25) is 4.90 Å². The van der Waals surface area contributed by atoms with Crippen LogP contribution in [0.5, 0.6) is 0 Å². The SMILES string of the molecule is CC1CC(C)C(C)N(C2(CN)CC2)C1. The van der Waals surface area contributed by atoms with Gasteiger partial charge in [-0.25, -0.2) is 0 Å². The Morgan fingerprint density at radius 1 is 1.29 bits per heavy atom. The monoisotopic (exact) mass is 196 g/mol. The molecule has 82 valence electrons. The Morgan fingerprint density at radius 2 is 1.93 bits per heavy atom. The van der Waals surface area contributed by atoms with Gasteiger partial charge in [-0.05, 0) is 38.0 Å². The highest BCUT2D eigenvalue weighted by Crippen LogP contribution is 2.45. The lowest BCUT2D eigenvalue weighted by Crippen LogP contribution is -2.54. The second-order valence-corrected chi connectivity index (χ2v) is 5.64. The normalized spacial score (nSPS) is 42.4. The van der Waals surface area contributed by atoms with Crippen LogP contribution < -0.4 is 5.73 Å². The van der Waals surface area contributed by atoms with Gasteiger partial charge in [0.1, 0.15) is 0 Å². The molecular weight excluding hydrogens is 172 g/mol. The van der Waals surface area contributed by atoms with Gasteiger partial charge in [0.15, 0.2) is 0 Å². The zero-order chi connectivity index (χ0) is 10.3. The molecule has 3 unspecified atom stereocenters. The summed E-state index contributed by atoms with van der Waals surface area (Å²) in [5.41, 5.74) is 6.32. The molecule has 1 saturated carbocycles. The van der Waals surface area contributed by atoms with E-state index in [2.05, 4.69) is 25.7 Å². The van der Waals surface area contributed by atoms with Crippen molar-refractivity contribution in [3.8, 4) is 0 Å². The Morgan fingerprint density at radius 3 is 2.43 bits per heavy atom. The van der Waals surface area contributed by atoms with E-state index in [1.165, 1.54) is 25.8 Å². The van der Waals surface area contributed by atoms with E-state index in [4.69, 9.17) is 5.73 Å². The van der Waals surface area contributed by atoms with Gasteiger partial charge in [0.25, 0.3) is 0 Å². The first kappa shape index (κ1) is 10.4. The summed E-state index contributed by atoms with van der Waals surface area (Å²) in [5, 5.41) is 0. The second kappa shape index (κ2) is 3.49. The average molecular weight is 196 g/mol. The number of hydrogen-bond donors (Lipinski definition) is 1. The number of nitrogens with zero attached hydrogens (tertiary/aromatic N) is 1. The Labute approximate surface area is 87.8 Å². The van der Waals surface area contributed by atoms with Gasteiger partial charge in [-0.1, -0.05) is 13.8 Å². The van der Waals surface area contributed by atoms with Crippen LogP contribution in [0.15, 0.2) is 0 Å². The van der Waals surface area contributed by atoms with Crippen LogP contribution in [0.1, 0.15) is 40.0 Å². The van der Waals surface area contributed by atoms with Gasteiger partial charge in [0.2, 0.25) is 0 Å². The summed E-state index contributed by atoms with van der Waals surface area (Å²) >= 11 is 0. The number of hydrogen-bond acceptors (Lipinski definition) is 2. The van der Waals surface area contributed by atoms with E-state index in [1.807, 2.05) is 0 Å². The molecule has 2 fully saturated rings. The minimum absolute atomic E-state index is 0.405. The van der Waals surface area contributed by atoms with E-state index in [-0.39, 0.29) is 0 Å². The molecule has 2 nitrogen and oxygen atoms in total. The standard InChI is InChI=1S/C12H24N2/c1-9-6-10(2)11(3)14(7-9)12(8-13)4-5-12/h9-11H,4-8,13H2,1-3H3. The van der Waals surface area contributed by atoms with Crippen LogP contribution in [0.2, 0.25) is 0 Å². The van der Waals surface area contributed by atoms with Crippen LogP contribution in [0.25, 0.3) is 0 Å². The predicted molar refractivity (Wildman–Crippen MR) is 60.1 cm³/mol. The van der Waals surface area contributed by atoms with Gasteiger partial charge >= 0.3 is 0 Å². The van der Waals surface area contributed by atoms with Crippen molar-refractivity contribution in [2.24, 2.45) is 17.6 Å². The number of likely N-dealkylation sites (tertiary alicyclic amines) is 1. The van der Waals surface area contributed by atoms with E-state index in [9.17, 15) is 0 Å². The van der Waals surface area contributed by atoms with Gasteiger partial charge < -0.3 is 5.73 Å². The third kappa shape index (κ3) is 1.59. The maximum Gasteiger partial charge on any atom is 0.0336 e. The maximum atomic E-state index is 5.91. The molecule has 14 heavy (non-hydrogen) atoms. The first-order chi connectivity index (χ1) is 6.59. The Hall–Kier alpha value is -0.0800. The molecule has 0 bridgehead atoms. The largest absolute Gasteiger partial charge is 0.329 e. The van der Waals surface area contributed by atoms with Crippen molar-refractivity contribution in [2.45, 2.75) is 51.6 Å². The molecule has 0 spiro atoms. The van der Waals surface area contributed by atoms with E-state index in [0.29, 0.717) is 5.54 Å². The molecule has 0 aromatic heterocycles. The molecule has 0 amide bonds. The van der Waals surface area contributed by atoms with Crippen molar-refractivity contribution in [3.63, 3.8) is 0 Å². The first-order valence-electron chi connectivity index (χ1n) is 6.06. The van der Waals surface area contributed by atoms with Crippen LogP contribution in [0, 0.1) is 11.8 Å². The van der Waals surface area contributed by atoms with Gasteiger partial charge in [0, 0.05) is 24.7 Å². The molecule has 2 aliphatic rings. The molecule has 1 aliphatic carbocycles. The fraction of sp³-hybridized carbons (Fsp3) is 1.00. The van der Waals surface area contributed by atoms with Gasteiger partial charge in [-0.2, -0.15) is 0 Å². The van der Waals surface area contributed by atoms with Crippen LogP contribution in [-0.2, 0) is 0 Å². The Bertz CT molecular complexity index is 210. The second-order valence-electron chi connectivity index (χ2n) is 5.64. The zero-order valence-corrected chi connectivity index (χ0v) is 9.79. The molecule has 3 atom stereocenters. The fourth-order valence-corrected chi connectivity index (χ4v) is 3.09. The highest BCUT2D eigenvalue weighted by molar-refractivity contribution is 5.07. The zero-order valence-electron chi connectivity index (χ0n) is 9.79. The van der Waals surface area contributed by atoms with Crippen molar-refractivity contribution in [1.29, 1.82) is 0 Å². The highest BCUT2D eigenvalue weighted by atomic mass is 15.3. The number of rotatable bonds is 2. The van der Waals surface area contributed by atoms with Crippen molar-refractivity contribution >= 4 is 0 Å². The van der Waals surface area contributed by atoms with Gasteiger partial charge in [-0.15, -0.1) is 0 Å². The van der Waals surface area contributed by atoms with Crippen LogP contribution in [-0.4, -0.2) is 29.6 Å². The fourth-order valence-electron chi connectivity index (χ4n) is 3.09. The predicted octanol–water partition coefficient (Wildman–Crippen LogP) is 1.84. The summed E-state index contributed by atoms with van der Waals surface area (Å²) in [6, 6.07) is 0.734. The molecule has 2 N–H and O–H groups in total. The quantitative estimate of drug-likeness (QED) is 0.730. The van der Waals surface area contributed by atoms with Crippen molar-refractivity contribution in [1.82, 2.24) is 4.90 Å². The van der Waals surface area contributed by atoms with E-state index < -0.39 is 0 Å². The smallest absolute Gasteiger partial charge is 0.0336 e. The maximum absolute atomic E-state index is 5.91. The third-order valence-corrected chi connectivity index (χ3v) is 4.41. The molecule has 1 saturated heterocycles. The van der Waals surface area contributed by atoms with Crippen molar-refractivity contribution < 1.29 is 0 Å². The topological polar surface area (TPSA) is 29.3 Å². The summed E-state index contributed by atoms with van der Waals surface area (Å²) in [6.07, 6.45) is 4.04. The molecule has 2 rings (SSSR count). The summed E-state index contributed by atoms with van der Waals surface area (Å²) in [5.74, 6) is 1.69. The van der Waals surface area contributed by atoms with Crippen LogP contribution >= 0.6 is 0 Å². The molecule has 2 heteroatoms. The Balaban J connectivity index is 2.09. The average Bonchev–Trinajstić information content (AvgIpc) is 2.92. The van der Waals surface area contributed by atoms with E-state index >= 15 is 0 Å². The van der Waals surface area contributed by atoms with E-state index in [0.717, 1.165) is 24.4 Å². The van der Waals surface area contributed by atoms with Crippen LogP contribution in [0.4, 0.5) is 0 Å². The first-order valence-corrected chi connectivity index (χ1v) is 6.06.